The van der Waals surface area contributed by atoms with Gasteiger partial charge in [0.25, 0.3) is 0 Å². The number of aromatic carboxylic acids is 1. The molecule has 22 heavy (non-hydrogen) atoms. The first kappa shape index (κ1) is 18.3. The van der Waals surface area contributed by atoms with Gasteiger partial charge < -0.3 is 10.0 Å². The third-order valence-corrected chi connectivity index (χ3v) is 3.95. The van der Waals surface area contributed by atoms with Crippen LogP contribution < -0.4 is 4.90 Å². The first-order valence-electron chi connectivity index (χ1n) is 7.98. The molecule has 3 nitrogen and oxygen atoms in total. The number of aryl methyl sites for hydroxylation is 1. The highest BCUT2D eigenvalue weighted by molar-refractivity contribution is 5.90. The van der Waals surface area contributed by atoms with Crippen molar-refractivity contribution in [2.24, 2.45) is 5.92 Å². The molecule has 1 unspecified atom stereocenters. The number of anilines is 1. The van der Waals surface area contributed by atoms with Gasteiger partial charge in [0.1, 0.15) is 0 Å². The van der Waals surface area contributed by atoms with Crippen molar-refractivity contribution in [3.63, 3.8) is 0 Å². The van der Waals surface area contributed by atoms with Crippen LogP contribution in [0.4, 0.5) is 5.69 Å². The Morgan fingerprint density at radius 2 is 1.95 bits per heavy atom. The van der Waals surface area contributed by atoms with Crippen molar-refractivity contribution >= 4 is 11.7 Å². The summed E-state index contributed by atoms with van der Waals surface area (Å²) < 4.78 is 0. The third kappa shape index (κ3) is 5.92. The molecule has 1 aromatic carbocycles. The Bertz CT molecular complexity index is 528. The second kappa shape index (κ2) is 8.62. The Morgan fingerprint density at radius 1 is 1.27 bits per heavy atom. The Balaban J connectivity index is 2.72. The lowest BCUT2D eigenvalue weighted by Gasteiger charge is -2.16. The quantitative estimate of drug-likeness (QED) is 0.703. The van der Waals surface area contributed by atoms with E-state index in [4.69, 9.17) is 0 Å². The van der Waals surface area contributed by atoms with Gasteiger partial charge in [-0.1, -0.05) is 18.6 Å². The highest BCUT2D eigenvalue weighted by Gasteiger charge is 2.12. The van der Waals surface area contributed by atoms with Crippen LogP contribution in [0.1, 0.15) is 56.0 Å². The summed E-state index contributed by atoms with van der Waals surface area (Å²) in [5.74, 6) is -0.238. The predicted octanol–water partition coefficient (Wildman–Crippen LogP) is 4.77. The number of allylic oxidation sites excluding steroid dienone is 2. The zero-order valence-electron chi connectivity index (χ0n) is 14.5. The summed E-state index contributed by atoms with van der Waals surface area (Å²) in [5, 5.41) is 9.34. The molecule has 0 aromatic heterocycles. The molecule has 0 saturated heterocycles. The second-order valence-electron chi connectivity index (χ2n) is 6.54. The van der Waals surface area contributed by atoms with Crippen LogP contribution in [-0.2, 0) is 6.42 Å². The van der Waals surface area contributed by atoms with Crippen LogP contribution in [-0.4, -0.2) is 25.2 Å². The lowest BCUT2D eigenvalue weighted by molar-refractivity contribution is 0.0695. The number of benzene rings is 1. The molecule has 0 bridgehead atoms. The predicted molar refractivity (Wildman–Crippen MR) is 93.9 cm³/mol. The smallest absolute Gasteiger partial charge is 0.335 e. The van der Waals surface area contributed by atoms with Crippen LogP contribution in [0.5, 0.6) is 0 Å². The standard InChI is InChI=1S/C19H29NO2/c1-14(2)7-6-8-15(3)9-10-16-13-17(20(4)5)11-12-18(16)19(21)22/h7,11-13,15H,6,8-10H2,1-5H3,(H,21,22). The molecule has 0 amide bonds. The van der Waals surface area contributed by atoms with Gasteiger partial charge in [-0.15, -0.1) is 0 Å². The van der Waals surface area contributed by atoms with Gasteiger partial charge in [0, 0.05) is 19.8 Å². The van der Waals surface area contributed by atoms with Crippen LogP contribution in [0.2, 0.25) is 0 Å². The number of carboxylic acids is 1. The van der Waals surface area contributed by atoms with E-state index >= 15 is 0 Å². The van der Waals surface area contributed by atoms with Crippen molar-refractivity contribution in [1.82, 2.24) is 0 Å². The van der Waals surface area contributed by atoms with Crippen LogP contribution in [0, 0.1) is 5.92 Å². The molecule has 1 rings (SSSR count). The summed E-state index contributed by atoms with van der Waals surface area (Å²) in [4.78, 5) is 13.4. The second-order valence-corrected chi connectivity index (χ2v) is 6.54. The minimum absolute atomic E-state index is 0.432. The van der Waals surface area contributed by atoms with Crippen LogP contribution in [0.15, 0.2) is 29.8 Å². The van der Waals surface area contributed by atoms with Gasteiger partial charge in [-0.3, -0.25) is 0 Å². The molecule has 122 valence electrons. The molecule has 0 aliphatic rings. The van der Waals surface area contributed by atoms with Crippen LogP contribution in [0.25, 0.3) is 0 Å². The molecule has 0 spiro atoms. The number of rotatable bonds is 8. The van der Waals surface area contributed by atoms with E-state index in [1.165, 1.54) is 5.57 Å². The Labute approximate surface area is 134 Å². The topological polar surface area (TPSA) is 40.5 Å². The molecular weight excluding hydrogens is 274 g/mol. The van der Waals surface area contributed by atoms with E-state index in [2.05, 4.69) is 26.8 Å². The maximum atomic E-state index is 11.4. The summed E-state index contributed by atoms with van der Waals surface area (Å²) in [6, 6.07) is 5.60. The largest absolute Gasteiger partial charge is 0.478 e. The van der Waals surface area contributed by atoms with E-state index in [9.17, 15) is 9.90 Å². The lowest BCUT2D eigenvalue weighted by atomic mass is 9.94. The van der Waals surface area contributed by atoms with Crippen LogP contribution >= 0.6 is 0 Å². The van der Waals surface area contributed by atoms with Gasteiger partial charge in [0.15, 0.2) is 0 Å². The first-order chi connectivity index (χ1) is 10.3. The molecule has 0 saturated carbocycles. The molecule has 1 N–H and O–H groups in total. The van der Waals surface area contributed by atoms with Gasteiger partial charge in [-0.25, -0.2) is 4.79 Å². The average molecular weight is 303 g/mol. The molecule has 1 atom stereocenters. The fourth-order valence-electron chi connectivity index (χ4n) is 2.48. The molecular formula is C19H29NO2. The van der Waals surface area contributed by atoms with E-state index in [0.29, 0.717) is 11.5 Å². The number of hydrogen-bond donors (Lipinski definition) is 1. The summed E-state index contributed by atoms with van der Waals surface area (Å²) in [7, 11) is 3.95. The summed E-state index contributed by atoms with van der Waals surface area (Å²) >= 11 is 0. The SMILES string of the molecule is CC(C)=CCCC(C)CCc1cc(N(C)C)ccc1C(=O)O. The molecule has 0 radical (unpaired) electrons. The van der Waals surface area contributed by atoms with Crippen molar-refractivity contribution in [3.05, 3.63) is 41.0 Å². The zero-order valence-corrected chi connectivity index (χ0v) is 14.5. The van der Waals surface area contributed by atoms with Crippen molar-refractivity contribution in [2.45, 2.75) is 46.5 Å². The van der Waals surface area contributed by atoms with Crippen molar-refractivity contribution in [3.8, 4) is 0 Å². The minimum atomic E-state index is -0.836. The minimum Gasteiger partial charge on any atom is -0.478 e. The van der Waals surface area contributed by atoms with E-state index in [0.717, 1.165) is 36.9 Å². The van der Waals surface area contributed by atoms with Gasteiger partial charge in [0.2, 0.25) is 0 Å². The van der Waals surface area contributed by atoms with Crippen molar-refractivity contribution in [1.29, 1.82) is 0 Å². The maximum Gasteiger partial charge on any atom is 0.335 e. The van der Waals surface area contributed by atoms with Crippen LogP contribution in [0.3, 0.4) is 0 Å². The molecule has 0 heterocycles. The van der Waals surface area contributed by atoms with E-state index in [-0.39, 0.29) is 0 Å². The van der Waals surface area contributed by atoms with Gasteiger partial charge >= 0.3 is 5.97 Å². The Hall–Kier alpha value is -1.77. The number of nitrogens with zero attached hydrogens (tertiary/aromatic N) is 1. The third-order valence-electron chi connectivity index (χ3n) is 3.95. The fourth-order valence-corrected chi connectivity index (χ4v) is 2.48. The lowest BCUT2D eigenvalue weighted by Crippen LogP contribution is -2.11. The first-order valence-corrected chi connectivity index (χ1v) is 7.98. The molecule has 0 fully saturated rings. The number of carboxylic acid groups (broad SMARTS) is 1. The Kier molecular flexibility index (Phi) is 7.16. The number of hydrogen-bond acceptors (Lipinski definition) is 2. The molecule has 3 heteroatoms. The summed E-state index contributed by atoms with van der Waals surface area (Å²) in [6.07, 6.45) is 6.37. The van der Waals surface area contributed by atoms with Gasteiger partial charge in [-0.05, 0) is 69.2 Å². The summed E-state index contributed by atoms with van der Waals surface area (Å²) in [5.41, 5.74) is 3.78. The van der Waals surface area contributed by atoms with E-state index < -0.39 is 5.97 Å². The molecule has 0 aliphatic heterocycles. The highest BCUT2D eigenvalue weighted by Crippen LogP contribution is 2.22. The molecule has 1 aromatic rings. The monoisotopic (exact) mass is 303 g/mol. The van der Waals surface area contributed by atoms with Gasteiger partial charge in [-0.2, -0.15) is 0 Å². The van der Waals surface area contributed by atoms with Gasteiger partial charge in [0.05, 0.1) is 5.56 Å². The normalized spacial score (nSPS) is 11.9. The fraction of sp³-hybridized carbons (Fsp3) is 0.526. The highest BCUT2D eigenvalue weighted by atomic mass is 16.4. The Morgan fingerprint density at radius 3 is 2.50 bits per heavy atom. The summed E-state index contributed by atoms with van der Waals surface area (Å²) in [6.45, 7) is 6.49. The molecule has 0 aliphatic carbocycles. The van der Waals surface area contributed by atoms with Crippen molar-refractivity contribution in [2.75, 3.05) is 19.0 Å². The zero-order chi connectivity index (χ0) is 16.7. The van der Waals surface area contributed by atoms with E-state index in [1.807, 2.05) is 31.1 Å². The van der Waals surface area contributed by atoms with Crippen molar-refractivity contribution < 1.29 is 9.90 Å². The average Bonchev–Trinajstić information content (AvgIpc) is 2.44. The maximum absolute atomic E-state index is 11.4. The number of carbonyl (C=O) groups is 1. The van der Waals surface area contributed by atoms with E-state index in [1.54, 1.807) is 6.07 Å².